The van der Waals surface area contributed by atoms with Gasteiger partial charge in [0, 0.05) is 23.2 Å². The van der Waals surface area contributed by atoms with Crippen molar-refractivity contribution in [3.8, 4) is 0 Å². The normalized spacial score (nSPS) is 13.4. The molecule has 1 aromatic heterocycles. The molecule has 1 rings (SSSR count). The number of hydrogen-bond acceptors (Lipinski definition) is 3. The summed E-state index contributed by atoms with van der Waals surface area (Å²) in [5.74, 6) is 0. The van der Waals surface area contributed by atoms with E-state index in [2.05, 4.69) is 24.5 Å². The second-order valence-corrected chi connectivity index (χ2v) is 3.83. The molecule has 0 spiro atoms. The minimum Gasteiger partial charge on any atom is -0.250 e. The molecular formula is C7H10NS2. The van der Waals surface area contributed by atoms with E-state index in [0.717, 1.165) is 12.8 Å². The van der Waals surface area contributed by atoms with Crippen LogP contribution in [0, 0.1) is 6.92 Å². The van der Waals surface area contributed by atoms with Gasteiger partial charge in [-0.3, -0.25) is 0 Å². The predicted molar refractivity (Wildman–Crippen MR) is 48.6 cm³/mol. The molecule has 1 heterocycles. The zero-order chi connectivity index (χ0) is 7.40. The van der Waals surface area contributed by atoms with E-state index in [1.165, 1.54) is 5.01 Å². The van der Waals surface area contributed by atoms with Crippen molar-refractivity contribution in [3.05, 3.63) is 23.5 Å². The number of hydrogen-bond donors (Lipinski definition) is 1. The van der Waals surface area contributed by atoms with E-state index in [9.17, 15) is 0 Å². The summed E-state index contributed by atoms with van der Waals surface area (Å²) in [7, 11) is 0. The van der Waals surface area contributed by atoms with Gasteiger partial charge in [0.25, 0.3) is 0 Å². The van der Waals surface area contributed by atoms with E-state index in [1.807, 2.05) is 11.6 Å². The number of aryl methyl sites for hydroxylation is 1. The van der Waals surface area contributed by atoms with Gasteiger partial charge in [0.1, 0.15) is 0 Å². The Balaban J connectivity index is 2.28. The zero-order valence-corrected chi connectivity index (χ0v) is 7.37. The Hall–Kier alpha value is -0.0200. The Morgan fingerprint density at radius 1 is 1.80 bits per heavy atom. The highest BCUT2D eigenvalue weighted by atomic mass is 32.1. The SMILES string of the molecule is [CH2]C(S)CCc1nccs1. The van der Waals surface area contributed by atoms with Crippen molar-refractivity contribution in [1.82, 2.24) is 4.98 Å². The first kappa shape index (κ1) is 8.08. The lowest BCUT2D eigenvalue weighted by Crippen LogP contribution is -1.93. The maximum atomic E-state index is 4.17. The molecule has 0 aliphatic heterocycles. The molecule has 0 saturated carbocycles. The minimum atomic E-state index is 0.240. The average Bonchev–Trinajstić information content (AvgIpc) is 2.34. The maximum absolute atomic E-state index is 4.17. The molecule has 1 atom stereocenters. The number of aromatic nitrogens is 1. The van der Waals surface area contributed by atoms with Crippen molar-refractivity contribution in [2.75, 3.05) is 0 Å². The molecule has 1 unspecified atom stereocenters. The maximum Gasteiger partial charge on any atom is 0.0925 e. The fraction of sp³-hybridized carbons (Fsp3) is 0.429. The van der Waals surface area contributed by atoms with Crippen molar-refractivity contribution in [3.63, 3.8) is 0 Å². The number of thiazole rings is 1. The van der Waals surface area contributed by atoms with Crippen LogP contribution >= 0.6 is 24.0 Å². The second kappa shape index (κ2) is 3.98. The molecule has 0 N–H and O–H groups in total. The van der Waals surface area contributed by atoms with Gasteiger partial charge >= 0.3 is 0 Å². The van der Waals surface area contributed by atoms with Crippen LogP contribution in [-0.2, 0) is 6.42 Å². The van der Waals surface area contributed by atoms with Crippen molar-refractivity contribution in [2.45, 2.75) is 18.1 Å². The van der Waals surface area contributed by atoms with E-state index in [1.54, 1.807) is 11.3 Å². The van der Waals surface area contributed by atoms with Crippen LogP contribution in [-0.4, -0.2) is 10.2 Å². The molecule has 10 heavy (non-hydrogen) atoms. The Kier molecular flexibility index (Phi) is 3.22. The average molecular weight is 172 g/mol. The highest BCUT2D eigenvalue weighted by Gasteiger charge is 1.97. The van der Waals surface area contributed by atoms with Crippen LogP contribution in [0.5, 0.6) is 0 Å². The van der Waals surface area contributed by atoms with Gasteiger partial charge in [-0.25, -0.2) is 4.98 Å². The first-order valence-corrected chi connectivity index (χ1v) is 4.58. The summed E-state index contributed by atoms with van der Waals surface area (Å²) < 4.78 is 0. The predicted octanol–water partition coefficient (Wildman–Crippen LogP) is 2.21. The summed E-state index contributed by atoms with van der Waals surface area (Å²) in [4.78, 5) is 4.14. The fourth-order valence-corrected chi connectivity index (χ4v) is 1.43. The Morgan fingerprint density at radius 2 is 2.60 bits per heavy atom. The third-order valence-corrected chi connectivity index (χ3v) is 2.27. The van der Waals surface area contributed by atoms with Crippen molar-refractivity contribution >= 4 is 24.0 Å². The van der Waals surface area contributed by atoms with Gasteiger partial charge in [0.2, 0.25) is 0 Å². The third kappa shape index (κ3) is 2.71. The van der Waals surface area contributed by atoms with Gasteiger partial charge in [0.05, 0.1) is 5.01 Å². The standard InChI is InChI=1S/C7H10NS2/c1-6(9)2-3-7-8-4-5-10-7/h4-6,9H,1-3H2. The van der Waals surface area contributed by atoms with Gasteiger partial charge in [-0.15, -0.1) is 11.3 Å². The van der Waals surface area contributed by atoms with Crippen LogP contribution in [0.4, 0.5) is 0 Å². The van der Waals surface area contributed by atoms with Crippen LogP contribution in [0.3, 0.4) is 0 Å². The van der Waals surface area contributed by atoms with Crippen molar-refractivity contribution in [2.24, 2.45) is 0 Å². The summed E-state index contributed by atoms with van der Waals surface area (Å²) in [6, 6.07) is 0. The molecule has 1 aromatic rings. The quantitative estimate of drug-likeness (QED) is 0.690. The summed E-state index contributed by atoms with van der Waals surface area (Å²) >= 11 is 5.87. The van der Waals surface area contributed by atoms with Gasteiger partial charge < -0.3 is 0 Å². The Bertz CT molecular complexity index is 170. The van der Waals surface area contributed by atoms with Crippen LogP contribution < -0.4 is 0 Å². The first-order valence-electron chi connectivity index (χ1n) is 3.18. The first-order chi connectivity index (χ1) is 4.79. The van der Waals surface area contributed by atoms with Crippen molar-refractivity contribution in [1.29, 1.82) is 0 Å². The highest BCUT2D eigenvalue weighted by molar-refractivity contribution is 7.81. The van der Waals surface area contributed by atoms with E-state index in [0.29, 0.717) is 0 Å². The molecule has 0 aliphatic rings. The van der Waals surface area contributed by atoms with Crippen LogP contribution in [0.2, 0.25) is 0 Å². The molecule has 3 heteroatoms. The fourth-order valence-electron chi connectivity index (χ4n) is 0.667. The van der Waals surface area contributed by atoms with Crippen LogP contribution in [0.1, 0.15) is 11.4 Å². The lowest BCUT2D eigenvalue weighted by Gasteiger charge is -1.98. The van der Waals surface area contributed by atoms with E-state index < -0.39 is 0 Å². The van der Waals surface area contributed by atoms with E-state index in [4.69, 9.17) is 0 Å². The topological polar surface area (TPSA) is 12.9 Å². The van der Waals surface area contributed by atoms with E-state index >= 15 is 0 Å². The molecule has 0 fully saturated rings. The molecule has 1 nitrogen and oxygen atoms in total. The molecule has 0 bridgehead atoms. The minimum absolute atomic E-state index is 0.240. The highest BCUT2D eigenvalue weighted by Crippen LogP contribution is 2.10. The van der Waals surface area contributed by atoms with Gasteiger partial charge in [-0.2, -0.15) is 12.6 Å². The monoisotopic (exact) mass is 172 g/mol. The lowest BCUT2D eigenvalue weighted by atomic mass is 10.2. The van der Waals surface area contributed by atoms with Crippen molar-refractivity contribution < 1.29 is 0 Å². The second-order valence-electron chi connectivity index (χ2n) is 2.12. The molecule has 0 aliphatic carbocycles. The molecule has 1 radical (unpaired) electrons. The molecule has 55 valence electrons. The molecule has 0 aromatic carbocycles. The molecular weight excluding hydrogens is 162 g/mol. The molecule has 0 saturated heterocycles. The number of rotatable bonds is 3. The Labute approximate surface area is 70.9 Å². The number of nitrogens with zero attached hydrogens (tertiary/aromatic N) is 1. The van der Waals surface area contributed by atoms with E-state index in [-0.39, 0.29) is 5.25 Å². The zero-order valence-electron chi connectivity index (χ0n) is 5.66. The van der Waals surface area contributed by atoms with Gasteiger partial charge in [-0.05, 0) is 13.3 Å². The summed E-state index contributed by atoms with van der Waals surface area (Å²) in [5.41, 5.74) is 0. The largest absolute Gasteiger partial charge is 0.250 e. The summed E-state index contributed by atoms with van der Waals surface area (Å²) in [5, 5.41) is 3.41. The van der Waals surface area contributed by atoms with Gasteiger partial charge in [-0.1, -0.05) is 0 Å². The molecule has 0 amide bonds. The van der Waals surface area contributed by atoms with Crippen LogP contribution in [0.15, 0.2) is 11.6 Å². The summed E-state index contributed by atoms with van der Waals surface area (Å²) in [6.07, 6.45) is 3.85. The third-order valence-electron chi connectivity index (χ3n) is 1.17. The lowest BCUT2D eigenvalue weighted by molar-refractivity contribution is 0.850. The number of thiol groups is 1. The van der Waals surface area contributed by atoms with Crippen LogP contribution in [0.25, 0.3) is 0 Å². The smallest absolute Gasteiger partial charge is 0.0925 e. The van der Waals surface area contributed by atoms with Gasteiger partial charge in [0.15, 0.2) is 0 Å². The summed E-state index contributed by atoms with van der Waals surface area (Å²) in [6.45, 7) is 3.78. The Morgan fingerprint density at radius 3 is 3.10 bits per heavy atom.